The van der Waals surface area contributed by atoms with Crippen LogP contribution in [0.2, 0.25) is 5.02 Å². The highest BCUT2D eigenvalue weighted by Gasteiger charge is 2.18. The van der Waals surface area contributed by atoms with E-state index >= 15 is 0 Å². The molecule has 0 radical (unpaired) electrons. The maximum absolute atomic E-state index is 13.3. The number of hydrogen-bond acceptors (Lipinski definition) is 3. The molecule has 2 N–H and O–H groups in total. The van der Waals surface area contributed by atoms with Gasteiger partial charge in [0.1, 0.15) is 11.6 Å². The predicted octanol–water partition coefficient (Wildman–Crippen LogP) is 2.91. The van der Waals surface area contributed by atoms with E-state index in [1.807, 2.05) is 0 Å². The molecule has 0 aliphatic rings. The normalized spacial score (nSPS) is 11.4. The molecule has 0 aliphatic carbocycles. The summed E-state index contributed by atoms with van der Waals surface area (Å²) in [4.78, 5) is -0.270. The van der Waals surface area contributed by atoms with E-state index in [1.54, 1.807) is 0 Å². The van der Waals surface area contributed by atoms with E-state index in [2.05, 4.69) is 4.72 Å². The summed E-state index contributed by atoms with van der Waals surface area (Å²) in [7, 11) is -4.08. The van der Waals surface area contributed by atoms with Crippen LogP contribution in [0.5, 0.6) is 0 Å². The maximum atomic E-state index is 13.3. The van der Waals surface area contributed by atoms with E-state index in [9.17, 15) is 17.2 Å². The molecule has 8 heteroatoms. The highest BCUT2D eigenvalue weighted by Crippen LogP contribution is 2.26. The van der Waals surface area contributed by atoms with Crippen molar-refractivity contribution in [3.05, 3.63) is 58.6 Å². The van der Waals surface area contributed by atoms with Crippen LogP contribution in [0.4, 0.5) is 14.5 Å². The second-order valence-corrected chi connectivity index (χ2v) is 6.23. The van der Waals surface area contributed by atoms with Gasteiger partial charge in [0, 0.05) is 5.56 Å². The first kappa shape index (κ1) is 15.7. The van der Waals surface area contributed by atoms with Gasteiger partial charge in [0.05, 0.1) is 22.2 Å². The van der Waals surface area contributed by atoms with Crippen LogP contribution < -0.4 is 4.72 Å². The van der Waals surface area contributed by atoms with Gasteiger partial charge >= 0.3 is 0 Å². The molecule has 0 saturated carbocycles. The first-order valence-corrected chi connectivity index (χ1v) is 7.57. The fourth-order valence-corrected chi connectivity index (χ4v) is 2.96. The molecule has 4 nitrogen and oxygen atoms in total. The molecule has 0 aromatic heterocycles. The van der Waals surface area contributed by atoms with Crippen molar-refractivity contribution in [2.45, 2.75) is 11.5 Å². The number of anilines is 1. The molecule has 0 atom stereocenters. The van der Waals surface area contributed by atoms with Crippen molar-refractivity contribution in [1.29, 1.82) is 0 Å². The van der Waals surface area contributed by atoms with Gasteiger partial charge in [-0.3, -0.25) is 4.72 Å². The van der Waals surface area contributed by atoms with E-state index in [0.29, 0.717) is 0 Å². The zero-order chi connectivity index (χ0) is 15.6. The van der Waals surface area contributed by atoms with Crippen LogP contribution >= 0.6 is 11.6 Å². The Bertz CT molecular complexity index is 781. The van der Waals surface area contributed by atoms with E-state index < -0.39 is 28.3 Å². The van der Waals surface area contributed by atoms with Crippen LogP contribution in [0, 0.1) is 11.6 Å². The summed E-state index contributed by atoms with van der Waals surface area (Å²) in [5.41, 5.74) is -0.297. The highest BCUT2D eigenvalue weighted by molar-refractivity contribution is 7.92. The van der Waals surface area contributed by atoms with Gasteiger partial charge in [0.2, 0.25) is 0 Å². The standard InChI is InChI=1S/C13H10ClF2NO3S/c14-11-3-1-9(15)6-13(11)17-21(19,20)10-2-4-12(16)8(5-10)7-18/h1-6,17-18H,7H2. The molecule has 21 heavy (non-hydrogen) atoms. The molecule has 0 spiro atoms. The lowest BCUT2D eigenvalue weighted by molar-refractivity contribution is 0.275. The Morgan fingerprint density at radius 2 is 1.86 bits per heavy atom. The van der Waals surface area contributed by atoms with Crippen LogP contribution in [0.1, 0.15) is 5.56 Å². The van der Waals surface area contributed by atoms with Crippen LogP contribution in [0.25, 0.3) is 0 Å². The molecule has 0 aliphatic heterocycles. The molecule has 112 valence electrons. The Balaban J connectivity index is 2.41. The number of aliphatic hydroxyl groups excluding tert-OH is 1. The van der Waals surface area contributed by atoms with Crippen molar-refractivity contribution in [2.24, 2.45) is 0 Å². The Labute approximate surface area is 125 Å². The summed E-state index contributed by atoms with van der Waals surface area (Å²) >= 11 is 5.78. The summed E-state index contributed by atoms with van der Waals surface area (Å²) in [6.45, 7) is -0.643. The van der Waals surface area contributed by atoms with Gasteiger partial charge in [-0.05, 0) is 36.4 Å². The molecule has 2 rings (SSSR count). The molecular weight excluding hydrogens is 324 g/mol. The van der Waals surface area contributed by atoms with Gasteiger partial charge in [-0.15, -0.1) is 0 Å². The SMILES string of the molecule is O=S(=O)(Nc1cc(F)ccc1Cl)c1ccc(F)c(CO)c1. The van der Waals surface area contributed by atoms with E-state index in [0.717, 1.165) is 30.3 Å². The fraction of sp³-hybridized carbons (Fsp3) is 0.0769. The first-order valence-electron chi connectivity index (χ1n) is 5.70. The van der Waals surface area contributed by atoms with Crippen molar-refractivity contribution in [1.82, 2.24) is 0 Å². The first-order chi connectivity index (χ1) is 9.83. The van der Waals surface area contributed by atoms with Crippen LogP contribution in [-0.4, -0.2) is 13.5 Å². The van der Waals surface area contributed by atoms with Crippen LogP contribution in [0.15, 0.2) is 41.3 Å². The van der Waals surface area contributed by atoms with Crippen molar-refractivity contribution in [3.8, 4) is 0 Å². The Hall–Kier alpha value is -1.70. The van der Waals surface area contributed by atoms with Crippen molar-refractivity contribution < 1.29 is 22.3 Å². The summed E-state index contributed by atoms with van der Waals surface area (Å²) in [5.74, 6) is -1.38. The van der Waals surface area contributed by atoms with E-state index in [-0.39, 0.29) is 21.2 Å². The molecule has 0 saturated heterocycles. The molecule has 2 aromatic rings. The third kappa shape index (κ3) is 3.49. The van der Waals surface area contributed by atoms with Gasteiger partial charge in [0.25, 0.3) is 10.0 Å². The molecule has 0 unspecified atom stereocenters. The van der Waals surface area contributed by atoms with Crippen molar-refractivity contribution in [2.75, 3.05) is 4.72 Å². The second kappa shape index (κ2) is 5.97. The number of sulfonamides is 1. The smallest absolute Gasteiger partial charge is 0.261 e. The van der Waals surface area contributed by atoms with Crippen LogP contribution in [-0.2, 0) is 16.6 Å². The van der Waals surface area contributed by atoms with E-state index in [1.165, 1.54) is 6.07 Å². The Morgan fingerprint density at radius 3 is 2.52 bits per heavy atom. The number of rotatable bonds is 4. The Kier molecular flexibility index (Phi) is 4.46. The van der Waals surface area contributed by atoms with Gasteiger partial charge in [0.15, 0.2) is 0 Å². The molecule has 0 heterocycles. The lowest BCUT2D eigenvalue weighted by atomic mass is 10.2. The molecule has 0 bridgehead atoms. The summed E-state index contributed by atoms with van der Waals surface area (Å²) in [6.07, 6.45) is 0. The zero-order valence-corrected chi connectivity index (χ0v) is 12.0. The minimum absolute atomic E-state index is 0.0180. The fourth-order valence-electron chi connectivity index (χ4n) is 1.62. The average Bonchev–Trinajstić information content (AvgIpc) is 2.43. The van der Waals surface area contributed by atoms with Gasteiger partial charge in [-0.2, -0.15) is 0 Å². The molecular formula is C13H10ClF2NO3S. The van der Waals surface area contributed by atoms with Gasteiger partial charge < -0.3 is 5.11 Å². The van der Waals surface area contributed by atoms with Gasteiger partial charge in [-0.25, -0.2) is 17.2 Å². The number of hydrogen-bond donors (Lipinski definition) is 2. The average molecular weight is 334 g/mol. The molecule has 2 aromatic carbocycles. The summed E-state index contributed by atoms with van der Waals surface area (Å²) in [5, 5.41) is 8.97. The third-order valence-corrected chi connectivity index (χ3v) is 4.36. The molecule has 0 amide bonds. The summed E-state index contributed by atoms with van der Waals surface area (Å²) in [6, 6.07) is 6.17. The zero-order valence-electron chi connectivity index (χ0n) is 10.5. The van der Waals surface area contributed by atoms with Crippen molar-refractivity contribution >= 4 is 27.3 Å². The number of halogens is 3. The number of nitrogens with one attached hydrogen (secondary N) is 1. The van der Waals surface area contributed by atoms with E-state index in [4.69, 9.17) is 16.7 Å². The van der Waals surface area contributed by atoms with Crippen molar-refractivity contribution in [3.63, 3.8) is 0 Å². The predicted molar refractivity (Wildman–Crippen MR) is 74.5 cm³/mol. The Morgan fingerprint density at radius 1 is 1.14 bits per heavy atom. The quantitative estimate of drug-likeness (QED) is 0.904. The van der Waals surface area contributed by atoms with Crippen LogP contribution in [0.3, 0.4) is 0 Å². The topological polar surface area (TPSA) is 66.4 Å². The lowest BCUT2D eigenvalue weighted by Crippen LogP contribution is -2.14. The third-order valence-electron chi connectivity index (χ3n) is 2.67. The largest absolute Gasteiger partial charge is 0.392 e. The maximum Gasteiger partial charge on any atom is 0.261 e. The number of benzene rings is 2. The minimum atomic E-state index is -4.08. The number of aliphatic hydroxyl groups is 1. The highest BCUT2D eigenvalue weighted by atomic mass is 35.5. The molecule has 0 fully saturated rings. The summed E-state index contributed by atoms with van der Waals surface area (Å²) < 4.78 is 52.8. The van der Waals surface area contributed by atoms with Gasteiger partial charge in [-0.1, -0.05) is 11.6 Å². The minimum Gasteiger partial charge on any atom is -0.392 e. The lowest BCUT2D eigenvalue weighted by Gasteiger charge is -2.10. The monoisotopic (exact) mass is 333 g/mol. The second-order valence-electron chi connectivity index (χ2n) is 4.14.